The smallest absolute Gasteiger partial charge is 0.0701 e. The lowest BCUT2D eigenvalue weighted by Gasteiger charge is -2.48. The van der Waals surface area contributed by atoms with Crippen molar-refractivity contribution in [2.24, 2.45) is 11.3 Å². The molecule has 0 bridgehead atoms. The summed E-state index contributed by atoms with van der Waals surface area (Å²) in [5.74, 6) is 0.701. The molecule has 1 unspecified atom stereocenters. The first-order valence-electron chi connectivity index (χ1n) is 6.67. The molecule has 15 heavy (non-hydrogen) atoms. The van der Waals surface area contributed by atoms with Crippen LogP contribution in [0.25, 0.3) is 0 Å². The van der Waals surface area contributed by atoms with Crippen molar-refractivity contribution in [2.45, 2.75) is 78.2 Å². The zero-order valence-corrected chi connectivity index (χ0v) is 11.0. The minimum atomic E-state index is -0.401. The van der Waals surface area contributed by atoms with Gasteiger partial charge in [0.25, 0.3) is 0 Å². The van der Waals surface area contributed by atoms with Crippen LogP contribution < -0.4 is 0 Å². The number of hydrogen-bond acceptors (Lipinski definition) is 1. The summed E-state index contributed by atoms with van der Waals surface area (Å²) in [6.45, 7) is 8.98. The van der Waals surface area contributed by atoms with Crippen LogP contribution in [0.1, 0.15) is 72.6 Å². The van der Waals surface area contributed by atoms with E-state index in [0.717, 1.165) is 12.8 Å². The van der Waals surface area contributed by atoms with Crippen LogP contribution in [-0.4, -0.2) is 10.7 Å². The van der Waals surface area contributed by atoms with E-state index in [2.05, 4.69) is 27.7 Å². The van der Waals surface area contributed by atoms with Crippen LogP contribution in [0.15, 0.2) is 0 Å². The summed E-state index contributed by atoms with van der Waals surface area (Å²) in [5, 5.41) is 10.8. The molecule has 1 saturated carbocycles. The number of aliphatic hydroxyl groups is 1. The molecule has 0 spiro atoms. The van der Waals surface area contributed by atoms with Gasteiger partial charge in [0, 0.05) is 0 Å². The summed E-state index contributed by atoms with van der Waals surface area (Å²) in [5.41, 5.74) is -0.282. The molecule has 0 aromatic heterocycles. The highest BCUT2D eigenvalue weighted by molar-refractivity contribution is 4.97. The lowest BCUT2D eigenvalue weighted by molar-refractivity contribution is -0.112. The van der Waals surface area contributed by atoms with Gasteiger partial charge in [-0.05, 0) is 30.6 Å². The van der Waals surface area contributed by atoms with Gasteiger partial charge in [0.2, 0.25) is 0 Å². The van der Waals surface area contributed by atoms with Crippen LogP contribution in [0.5, 0.6) is 0 Å². The number of hydrogen-bond donors (Lipinski definition) is 1. The van der Waals surface area contributed by atoms with Gasteiger partial charge in [-0.25, -0.2) is 0 Å². The predicted molar refractivity (Wildman–Crippen MR) is 65.9 cm³/mol. The second kappa shape index (κ2) is 4.86. The van der Waals surface area contributed by atoms with Crippen molar-refractivity contribution in [1.82, 2.24) is 0 Å². The average Bonchev–Trinajstić information content (AvgIpc) is 2.19. The molecule has 0 heterocycles. The topological polar surface area (TPSA) is 20.2 Å². The molecule has 1 nitrogen and oxygen atoms in total. The third kappa shape index (κ3) is 2.75. The molecule has 0 aliphatic heterocycles. The van der Waals surface area contributed by atoms with Crippen LogP contribution in [0.4, 0.5) is 0 Å². The van der Waals surface area contributed by atoms with Gasteiger partial charge in [-0.3, -0.25) is 0 Å². The lowest BCUT2D eigenvalue weighted by Crippen LogP contribution is -2.48. The average molecular weight is 212 g/mol. The van der Waals surface area contributed by atoms with Crippen molar-refractivity contribution in [3.8, 4) is 0 Å². The van der Waals surface area contributed by atoms with Crippen molar-refractivity contribution in [1.29, 1.82) is 0 Å². The summed E-state index contributed by atoms with van der Waals surface area (Å²) in [6.07, 6.45) is 8.11. The standard InChI is InChI=1S/C14H28O/c1-5-12(6-2)11-14(15)10-8-7-9-13(14,3)4/h12,15H,5-11H2,1-4H3. The molecular weight excluding hydrogens is 184 g/mol. The van der Waals surface area contributed by atoms with Crippen LogP contribution in [0.2, 0.25) is 0 Å². The zero-order valence-electron chi connectivity index (χ0n) is 11.0. The first kappa shape index (κ1) is 13.0. The van der Waals surface area contributed by atoms with E-state index < -0.39 is 5.60 Å². The fourth-order valence-electron chi connectivity index (χ4n) is 2.99. The number of rotatable bonds is 4. The van der Waals surface area contributed by atoms with Crippen molar-refractivity contribution >= 4 is 0 Å². The van der Waals surface area contributed by atoms with E-state index in [1.165, 1.54) is 32.1 Å². The Hall–Kier alpha value is -0.0400. The second-order valence-corrected chi connectivity index (χ2v) is 6.01. The molecular formula is C14H28O. The quantitative estimate of drug-likeness (QED) is 0.742. The van der Waals surface area contributed by atoms with E-state index in [-0.39, 0.29) is 5.41 Å². The van der Waals surface area contributed by atoms with Crippen LogP contribution in [0, 0.1) is 11.3 Å². The molecule has 1 aliphatic carbocycles. The molecule has 1 heteroatoms. The maximum absolute atomic E-state index is 10.8. The molecule has 1 fully saturated rings. The summed E-state index contributed by atoms with van der Waals surface area (Å²) in [7, 11) is 0. The van der Waals surface area contributed by atoms with Gasteiger partial charge >= 0.3 is 0 Å². The monoisotopic (exact) mass is 212 g/mol. The molecule has 0 aromatic carbocycles. The van der Waals surface area contributed by atoms with E-state index in [0.29, 0.717) is 5.92 Å². The zero-order chi connectivity index (χ0) is 11.5. The Balaban J connectivity index is 2.70. The van der Waals surface area contributed by atoms with Crippen LogP contribution in [-0.2, 0) is 0 Å². The maximum Gasteiger partial charge on any atom is 0.0701 e. The van der Waals surface area contributed by atoms with Gasteiger partial charge in [0.05, 0.1) is 5.60 Å². The normalized spacial score (nSPS) is 30.8. The van der Waals surface area contributed by atoms with E-state index in [1.54, 1.807) is 0 Å². The third-order valence-corrected chi connectivity index (χ3v) is 4.68. The second-order valence-electron chi connectivity index (χ2n) is 6.01. The molecule has 0 saturated heterocycles. The Kier molecular flexibility index (Phi) is 4.22. The Morgan fingerprint density at radius 3 is 2.07 bits per heavy atom. The summed E-state index contributed by atoms with van der Waals surface area (Å²) >= 11 is 0. The van der Waals surface area contributed by atoms with Crippen molar-refractivity contribution < 1.29 is 5.11 Å². The Morgan fingerprint density at radius 1 is 1.07 bits per heavy atom. The molecule has 1 aliphatic rings. The Bertz CT molecular complexity index is 194. The maximum atomic E-state index is 10.8. The minimum absolute atomic E-state index is 0.119. The van der Waals surface area contributed by atoms with Crippen molar-refractivity contribution in [3.63, 3.8) is 0 Å². The SMILES string of the molecule is CCC(CC)CC1(O)CCCCC1(C)C. The van der Waals surface area contributed by atoms with E-state index in [4.69, 9.17) is 0 Å². The van der Waals surface area contributed by atoms with E-state index >= 15 is 0 Å². The van der Waals surface area contributed by atoms with Crippen LogP contribution >= 0.6 is 0 Å². The van der Waals surface area contributed by atoms with Gasteiger partial charge in [0.1, 0.15) is 0 Å². The molecule has 0 aromatic rings. The Morgan fingerprint density at radius 2 is 1.60 bits per heavy atom. The van der Waals surface area contributed by atoms with Gasteiger partial charge in [-0.1, -0.05) is 53.4 Å². The summed E-state index contributed by atoms with van der Waals surface area (Å²) < 4.78 is 0. The summed E-state index contributed by atoms with van der Waals surface area (Å²) in [6, 6.07) is 0. The summed E-state index contributed by atoms with van der Waals surface area (Å²) in [4.78, 5) is 0. The first-order chi connectivity index (χ1) is 6.95. The highest BCUT2D eigenvalue weighted by Crippen LogP contribution is 2.47. The first-order valence-corrected chi connectivity index (χ1v) is 6.67. The van der Waals surface area contributed by atoms with Gasteiger partial charge in [-0.15, -0.1) is 0 Å². The molecule has 1 rings (SSSR count). The molecule has 0 radical (unpaired) electrons. The van der Waals surface area contributed by atoms with E-state index in [1.807, 2.05) is 0 Å². The molecule has 1 atom stereocenters. The lowest BCUT2D eigenvalue weighted by atomic mass is 9.62. The van der Waals surface area contributed by atoms with E-state index in [9.17, 15) is 5.11 Å². The third-order valence-electron chi connectivity index (χ3n) is 4.68. The fourth-order valence-corrected chi connectivity index (χ4v) is 2.99. The van der Waals surface area contributed by atoms with Crippen molar-refractivity contribution in [2.75, 3.05) is 0 Å². The molecule has 1 N–H and O–H groups in total. The van der Waals surface area contributed by atoms with Crippen LogP contribution in [0.3, 0.4) is 0 Å². The fraction of sp³-hybridized carbons (Fsp3) is 1.00. The largest absolute Gasteiger partial charge is 0.389 e. The molecule has 0 amide bonds. The molecule has 90 valence electrons. The highest BCUT2D eigenvalue weighted by atomic mass is 16.3. The van der Waals surface area contributed by atoms with Crippen molar-refractivity contribution in [3.05, 3.63) is 0 Å². The van der Waals surface area contributed by atoms with Gasteiger partial charge < -0.3 is 5.11 Å². The Labute approximate surface area is 95.3 Å². The van der Waals surface area contributed by atoms with Gasteiger partial charge in [0.15, 0.2) is 0 Å². The minimum Gasteiger partial charge on any atom is -0.389 e. The van der Waals surface area contributed by atoms with Gasteiger partial charge in [-0.2, -0.15) is 0 Å². The predicted octanol–water partition coefficient (Wildman–Crippen LogP) is 4.14. The highest BCUT2D eigenvalue weighted by Gasteiger charge is 2.45.